The van der Waals surface area contributed by atoms with Gasteiger partial charge in [0.25, 0.3) is 5.91 Å². The molecule has 1 aliphatic heterocycles. The van der Waals surface area contributed by atoms with E-state index in [1.807, 2.05) is 6.20 Å². The number of hydrogen-bond donors (Lipinski definition) is 1. The van der Waals surface area contributed by atoms with E-state index in [2.05, 4.69) is 29.1 Å². The standard InChI is InChI=1S/C18H22N4O2S/c1-12(2)15-10-20-18(25-15)21-16(23)14-4-3-9-22(11-14)17(24)13-5-7-19-8-6-13/h5-8,10,12,14H,3-4,9,11H2,1-2H3,(H,20,21,23). The van der Waals surface area contributed by atoms with E-state index in [0.717, 1.165) is 17.7 Å². The fourth-order valence-electron chi connectivity index (χ4n) is 2.87. The number of piperidine rings is 1. The highest BCUT2D eigenvalue weighted by Gasteiger charge is 2.29. The second kappa shape index (κ2) is 7.74. The molecule has 0 radical (unpaired) electrons. The van der Waals surface area contributed by atoms with E-state index >= 15 is 0 Å². The van der Waals surface area contributed by atoms with Gasteiger partial charge in [-0.15, -0.1) is 11.3 Å². The minimum absolute atomic E-state index is 0.0451. The summed E-state index contributed by atoms with van der Waals surface area (Å²) < 4.78 is 0. The fraction of sp³-hybridized carbons (Fsp3) is 0.444. The van der Waals surface area contributed by atoms with Gasteiger partial charge >= 0.3 is 0 Å². The molecule has 0 bridgehead atoms. The number of thiazole rings is 1. The molecular formula is C18H22N4O2S. The molecule has 0 aliphatic carbocycles. The minimum atomic E-state index is -0.203. The van der Waals surface area contributed by atoms with Crippen LogP contribution in [0.25, 0.3) is 0 Å². The second-order valence-electron chi connectivity index (χ2n) is 6.54. The van der Waals surface area contributed by atoms with Crippen LogP contribution >= 0.6 is 11.3 Å². The molecule has 25 heavy (non-hydrogen) atoms. The highest BCUT2D eigenvalue weighted by molar-refractivity contribution is 7.15. The van der Waals surface area contributed by atoms with E-state index in [-0.39, 0.29) is 17.7 Å². The Morgan fingerprint density at radius 1 is 1.32 bits per heavy atom. The number of pyridine rings is 1. The Kier molecular flexibility index (Phi) is 5.43. The first-order valence-corrected chi connectivity index (χ1v) is 9.32. The number of nitrogens with one attached hydrogen (secondary N) is 1. The van der Waals surface area contributed by atoms with Crippen LogP contribution in [-0.2, 0) is 4.79 Å². The number of carbonyl (C=O) groups excluding carboxylic acids is 2. The van der Waals surface area contributed by atoms with Gasteiger partial charge in [-0.1, -0.05) is 13.8 Å². The van der Waals surface area contributed by atoms with Crippen molar-refractivity contribution in [3.05, 3.63) is 41.2 Å². The van der Waals surface area contributed by atoms with E-state index in [0.29, 0.717) is 29.7 Å². The summed E-state index contributed by atoms with van der Waals surface area (Å²) in [6, 6.07) is 3.41. The number of carbonyl (C=O) groups is 2. The largest absolute Gasteiger partial charge is 0.338 e. The smallest absolute Gasteiger partial charge is 0.253 e. The molecule has 1 aliphatic rings. The average Bonchev–Trinajstić information content (AvgIpc) is 3.11. The summed E-state index contributed by atoms with van der Waals surface area (Å²) in [4.78, 5) is 36.2. The Labute approximate surface area is 151 Å². The molecule has 1 atom stereocenters. The molecule has 1 saturated heterocycles. The maximum absolute atomic E-state index is 12.6. The summed E-state index contributed by atoms with van der Waals surface area (Å²) >= 11 is 1.51. The van der Waals surface area contributed by atoms with Crippen LogP contribution in [-0.4, -0.2) is 39.8 Å². The van der Waals surface area contributed by atoms with Gasteiger partial charge in [-0.2, -0.15) is 0 Å². The zero-order chi connectivity index (χ0) is 17.8. The number of aromatic nitrogens is 2. The van der Waals surface area contributed by atoms with Gasteiger partial charge in [0.05, 0.1) is 5.92 Å². The molecule has 6 nitrogen and oxygen atoms in total. The Bertz CT molecular complexity index is 745. The van der Waals surface area contributed by atoms with Crippen LogP contribution in [0.5, 0.6) is 0 Å². The number of amides is 2. The van der Waals surface area contributed by atoms with E-state index in [1.54, 1.807) is 29.4 Å². The molecule has 2 aromatic rings. The molecule has 7 heteroatoms. The average molecular weight is 358 g/mol. The SMILES string of the molecule is CC(C)c1cnc(NC(=O)C2CCCN(C(=O)c3ccncc3)C2)s1. The minimum Gasteiger partial charge on any atom is -0.338 e. The van der Waals surface area contributed by atoms with Crippen molar-refractivity contribution in [2.24, 2.45) is 5.92 Å². The van der Waals surface area contributed by atoms with Crippen LogP contribution in [0.15, 0.2) is 30.7 Å². The van der Waals surface area contributed by atoms with Crippen LogP contribution in [0.4, 0.5) is 5.13 Å². The lowest BCUT2D eigenvalue weighted by Crippen LogP contribution is -2.43. The van der Waals surface area contributed by atoms with Gasteiger partial charge < -0.3 is 10.2 Å². The quantitative estimate of drug-likeness (QED) is 0.911. The van der Waals surface area contributed by atoms with Crippen molar-refractivity contribution in [1.82, 2.24) is 14.9 Å². The molecule has 0 spiro atoms. The lowest BCUT2D eigenvalue weighted by atomic mass is 9.96. The number of hydrogen-bond acceptors (Lipinski definition) is 5. The maximum atomic E-state index is 12.6. The molecule has 2 amide bonds. The van der Waals surface area contributed by atoms with Crippen molar-refractivity contribution in [2.75, 3.05) is 18.4 Å². The molecule has 3 rings (SSSR count). The predicted octanol–water partition coefficient (Wildman–Crippen LogP) is 3.15. The number of anilines is 1. The Morgan fingerprint density at radius 3 is 2.76 bits per heavy atom. The fourth-order valence-corrected chi connectivity index (χ4v) is 3.69. The normalized spacial score (nSPS) is 17.6. The first-order valence-electron chi connectivity index (χ1n) is 8.50. The molecule has 1 unspecified atom stereocenters. The van der Waals surface area contributed by atoms with Crippen molar-refractivity contribution in [2.45, 2.75) is 32.6 Å². The summed E-state index contributed by atoms with van der Waals surface area (Å²) in [5, 5.41) is 3.54. The molecule has 3 heterocycles. The van der Waals surface area contributed by atoms with Gasteiger partial charge in [-0.25, -0.2) is 4.98 Å². The van der Waals surface area contributed by atoms with Gasteiger partial charge in [-0.05, 0) is 30.9 Å². The molecule has 0 aromatic carbocycles. The number of rotatable bonds is 4. The summed E-state index contributed by atoms with van der Waals surface area (Å²) in [7, 11) is 0. The van der Waals surface area contributed by atoms with Crippen LogP contribution in [0.1, 0.15) is 47.8 Å². The predicted molar refractivity (Wildman–Crippen MR) is 97.7 cm³/mol. The third kappa shape index (κ3) is 4.22. The van der Waals surface area contributed by atoms with E-state index in [1.165, 1.54) is 11.3 Å². The summed E-state index contributed by atoms with van der Waals surface area (Å²) in [5.74, 6) is 0.0883. The third-order valence-electron chi connectivity index (χ3n) is 4.33. The molecule has 1 fully saturated rings. The molecule has 2 aromatic heterocycles. The zero-order valence-electron chi connectivity index (χ0n) is 14.4. The first kappa shape index (κ1) is 17.5. The van der Waals surface area contributed by atoms with Crippen molar-refractivity contribution in [3.63, 3.8) is 0 Å². The lowest BCUT2D eigenvalue weighted by molar-refractivity contribution is -0.121. The van der Waals surface area contributed by atoms with Crippen LogP contribution < -0.4 is 5.32 Å². The summed E-state index contributed by atoms with van der Waals surface area (Å²) in [6.07, 6.45) is 6.63. The van der Waals surface area contributed by atoms with E-state index < -0.39 is 0 Å². The topological polar surface area (TPSA) is 75.2 Å². The van der Waals surface area contributed by atoms with Crippen molar-refractivity contribution >= 4 is 28.3 Å². The number of likely N-dealkylation sites (tertiary alicyclic amines) is 1. The summed E-state index contributed by atoms with van der Waals surface area (Å²) in [6.45, 7) is 5.32. The zero-order valence-corrected chi connectivity index (χ0v) is 15.3. The Balaban J connectivity index is 1.62. The maximum Gasteiger partial charge on any atom is 0.253 e. The monoisotopic (exact) mass is 358 g/mol. The van der Waals surface area contributed by atoms with Gasteiger partial charge in [-0.3, -0.25) is 14.6 Å². The van der Waals surface area contributed by atoms with Crippen LogP contribution in [0.3, 0.4) is 0 Å². The Hall–Kier alpha value is -2.28. The van der Waals surface area contributed by atoms with Crippen LogP contribution in [0, 0.1) is 5.92 Å². The second-order valence-corrected chi connectivity index (χ2v) is 7.60. The van der Waals surface area contributed by atoms with Crippen molar-refractivity contribution in [3.8, 4) is 0 Å². The van der Waals surface area contributed by atoms with Crippen molar-refractivity contribution < 1.29 is 9.59 Å². The molecule has 132 valence electrons. The van der Waals surface area contributed by atoms with Gasteiger partial charge in [0.15, 0.2) is 5.13 Å². The van der Waals surface area contributed by atoms with Gasteiger partial charge in [0, 0.05) is 42.1 Å². The van der Waals surface area contributed by atoms with Crippen LogP contribution in [0.2, 0.25) is 0 Å². The lowest BCUT2D eigenvalue weighted by Gasteiger charge is -2.31. The van der Waals surface area contributed by atoms with Gasteiger partial charge in [0.2, 0.25) is 5.91 Å². The highest BCUT2D eigenvalue weighted by Crippen LogP contribution is 2.26. The molecule has 0 saturated carbocycles. The Morgan fingerprint density at radius 2 is 2.08 bits per heavy atom. The third-order valence-corrected chi connectivity index (χ3v) is 5.54. The van der Waals surface area contributed by atoms with E-state index in [9.17, 15) is 9.59 Å². The summed E-state index contributed by atoms with van der Waals surface area (Å²) in [5.41, 5.74) is 0.609. The number of nitrogens with zero attached hydrogens (tertiary/aromatic N) is 3. The highest BCUT2D eigenvalue weighted by atomic mass is 32.1. The first-order chi connectivity index (χ1) is 12.0. The molecular weight excluding hydrogens is 336 g/mol. The van der Waals surface area contributed by atoms with E-state index in [4.69, 9.17) is 0 Å². The molecule has 1 N–H and O–H groups in total. The van der Waals surface area contributed by atoms with Gasteiger partial charge in [0.1, 0.15) is 0 Å². The van der Waals surface area contributed by atoms with Crippen molar-refractivity contribution in [1.29, 1.82) is 0 Å².